The van der Waals surface area contributed by atoms with Gasteiger partial charge in [-0.2, -0.15) is 5.10 Å². The quantitative estimate of drug-likeness (QED) is 0.670. The average Bonchev–Trinajstić information content (AvgIpc) is 2.72. The fourth-order valence-corrected chi connectivity index (χ4v) is 1.75. The summed E-state index contributed by atoms with van der Waals surface area (Å²) in [6, 6.07) is 2.08. The standard InChI is InChI=1S/C13H25N3O/c1-12(2)5-4-9-16-13(6-7-15-16)11-14-8-10-17-3/h6-7,12,14H,4-5,8-11H2,1-3H3. The lowest BCUT2D eigenvalue weighted by Crippen LogP contribution is -2.21. The Labute approximate surface area is 104 Å². The Morgan fingerprint density at radius 3 is 3.00 bits per heavy atom. The van der Waals surface area contributed by atoms with E-state index in [2.05, 4.69) is 35.0 Å². The van der Waals surface area contributed by atoms with Crippen LogP contribution in [0, 0.1) is 5.92 Å². The molecule has 0 saturated carbocycles. The largest absolute Gasteiger partial charge is 0.383 e. The van der Waals surface area contributed by atoms with Crippen LogP contribution in [0.4, 0.5) is 0 Å². The summed E-state index contributed by atoms with van der Waals surface area (Å²) in [5.74, 6) is 0.772. The van der Waals surface area contributed by atoms with Gasteiger partial charge in [0, 0.05) is 32.9 Å². The van der Waals surface area contributed by atoms with Crippen LogP contribution < -0.4 is 5.32 Å². The number of aryl methyl sites for hydroxylation is 1. The Balaban J connectivity index is 2.27. The molecule has 0 aromatic carbocycles. The highest BCUT2D eigenvalue weighted by molar-refractivity contribution is 4.99. The fraction of sp³-hybridized carbons (Fsp3) is 0.769. The third-order valence-electron chi connectivity index (χ3n) is 2.74. The molecule has 4 heteroatoms. The molecule has 0 aliphatic carbocycles. The van der Waals surface area contributed by atoms with Crippen LogP contribution in [0.1, 0.15) is 32.4 Å². The molecule has 17 heavy (non-hydrogen) atoms. The van der Waals surface area contributed by atoms with Gasteiger partial charge in [-0.05, 0) is 24.8 Å². The van der Waals surface area contributed by atoms with E-state index in [9.17, 15) is 0 Å². The maximum atomic E-state index is 5.00. The summed E-state index contributed by atoms with van der Waals surface area (Å²) in [7, 11) is 1.72. The SMILES string of the molecule is COCCNCc1ccnn1CCCC(C)C. The average molecular weight is 239 g/mol. The Kier molecular flexibility index (Phi) is 6.89. The van der Waals surface area contributed by atoms with Crippen LogP contribution >= 0.6 is 0 Å². The second kappa shape index (κ2) is 8.25. The third-order valence-corrected chi connectivity index (χ3v) is 2.74. The van der Waals surface area contributed by atoms with Crippen molar-refractivity contribution in [1.82, 2.24) is 15.1 Å². The van der Waals surface area contributed by atoms with Crippen LogP contribution in [0.5, 0.6) is 0 Å². The van der Waals surface area contributed by atoms with Crippen molar-refractivity contribution in [2.24, 2.45) is 5.92 Å². The van der Waals surface area contributed by atoms with Crippen molar-refractivity contribution in [2.75, 3.05) is 20.3 Å². The van der Waals surface area contributed by atoms with E-state index in [1.165, 1.54) is 18.5 Å². The lowest BCUT2D eigenvalue weighted by molar-refractivity contribution is 0.199. The number of rotatable bonds is 9. The second-order valence-electron chi connectivity index (χ2n) is 4.75. The monoisotopic (exact) mass is 239 g/mol. The highest BCUT2D eigenvalue weighted by Crippen LogP contribution is 2.06. The van der Waals surface area contributed by atoms with Gasteiger partial charge >= 0.3 is 0 Å². The van der Waals surface area contributed by atoms with Gasteiger partial charge in [-0.1, -0.05) is 13.8 Å². The molecule has 0 radical (unpaired) electrons. The van der Waals surface area contributed by atoms with E-state index in [4.69, 9.17) is 4.74 Å². The molecule has 1 aromatic rings. The van der Waals surface area contributed by atoms with Crippen LogP contribution in [0.3, 0.4) is 0 Å². The first kappa shape index (κ1) is 14.2. The van der Waals surface area contributed by atoms with Gasteiger partial charge < -0.3 is 10.1 Å². The van der Waals surface area contributed by atoms with E-state index in [1.54, 1.807) is 7.11 Å². The summed E-state index contributed by atoms with van der Waals surface area (Å²) in [5.41, 5.74) is 1.25. The predicted molar refractivity (Wildman–Crippen MR) is 69.9 cm³/mol. The van der Waals surface area contributed by atoms with E-state index >= 15 is 0 Å². The molecule has 1 rings (SSSR count). The van der Waals surface area contributed by atoms with E-state index in [0.29, 0.717) is 0 Å². The van der Waals surface area contributed by atoms with Gasteiger partial charge in [0.2, 0.25) is 0 Å². The summed E-state index contributed by atoms with van der Waals surface area (Å²) in [5, 5.41) is 7.70. The van der Waals surface area contributed by atoms with Gasteiger partial charge in [0.25, 0.3) is 0 Å². The molecule has 0 fully saturated rings. The molecule has 0 bridgehead atoms. The molecule has 1 N–H and O–H groups in total. The van der Waals surface area contributed by atoms with Gasteiger partial charge in [0.15, 0.2) is 0 Å². The van der Waals surface area contributed by atoms with Crippen molar-refractivity contribution >= 4 is 0 Å². The van der Waals surface area contributed by atoms with E-state index in [1.807, 2.05) is 6.20 Å². The zero-order valence-electron chi connectivity index (χ0n) is 11.3. The number of hydrogen-bond donors (Lipinski definition) is 1. The lowest BCUT2D eigenvalue weighted by atomic mass is 10.1. The Hall–Kier alpha value is -0.870. The summed E-state index contributed by atoms with van der Waals surface area (Å²) >= 11 is 0. The van der Waals surface area contributed by atoms with Crippen molar-refractivity contribution < 1.29 is 4.74 Å². The van der Waals surface area contributed by atoms with Crippen molar-refractivity contribution in [3.8, 4) is 0 Å². The molecule has 0 saturated heterocycles. The minimum Gasteiger partial charge on any atom is -0.383 e. The number of nitrogens with one attached hydrogen (secondary N) is 1. The van der Waals surface area contributed by atoms with E-state index in [0.717, 1.165) is 32.2 Å². The number of hydrogen-bond acceptors (Lipinski definition) is 3. The molecule has 0 aliphatic rings. The molecule has 0 amide bonds. The van der Waals surface area contributed by atoms with Crippen LogP contribution in [-0.2, 0) is 17.8 Å². The van der Waals surface area contributed by atoms with Gasteiger partial charge in [-0.25, -0.2) is 0 Å². The topological polar surface area (TPSA) is 39.1 Å². The van der Waals surface area contributed by atoms with Crippen molar-refractivity contribution in [2.45, 2.75) is 39.8 Å². The zero-order chi connectivity index (χ0) is 12.5. The molecule has 1 heterocycles. The molecular formula is C13H25N3O. The van der Waals surface area contributed by atoms with Crippen LogP contribution in [0.25, 0.3) is 0 Å². The molecule has 0 spiro atoms. The third kappa shape index (κ3) is 5.84. The van der Waals surface area contributed by atoms with Gasteiger partial charge in [-0.15, -0.1) is 0 Å². The first-order valence-corrected chi connectivity index (χ1v) is 6.44. The first-order valence-electron chi connectivity index (χ1n) is 6.44. The molecule has 0 unspecified atom stereocenters. The number of methoxy groups -OCH3 is 1. The van der Waals surface area contributed by atoms with Crippen LogP contribution in [-0.4, -0.2) is 30.0 Å². The summed E-state index contributed by atoms with van der Waals surface area (Å²) < 4.78 is 7.10. The zero-order valence-corrected chi connectivity index (χ0v) is 11.3. The minimum atomic E-state index is 0.751. The Bertz CT molecular complexity index is 297. The molecule has 0 atom stereocenters. The highest BCUT2D eigenvalue weighted by atomic mass is 16.5. The van der Waals surface area contributed by atoms with Crippen LogP contribution in [0.15, 0.2) is 12.3 Å². The summed E-state index contributed by atoms with van der Waals surface area (Å²) in [6.07, 6.45) is 4.34. The number of aromatic nitrogens is 2. The smallest absolute Gasteiger partial charge is 0.0587 e. The predicted octanol–water partition coefficient (Wildman–Crippen LogP) is 2.06. The highest BCUT2D eigenvalue weighted by Gasteiger charge is 2.02. The van der Waals surface area contributed by atoms with Gasteiger partial charge in [0.05, 0.1) is 12.3 Å². The van der Waals surface area contributed by atoms with E-state index in [-0.39, 0.29) is 0 Å². The molecule has 98 valence electrons. The normalized spacial score (nSPS) is 11.3. The lowest BCUT2D eigenvalue weighted by Gasteiger charge is -2.09. The molecule has 1 aromatic heterocycles. The van der Waals surface area contributed by atoms with E-state index < -0.39 is 0 Å². The maximum Gasteiger partial charge on any atom is 0.0587 e. The second-order valence-corrected chi connectivity index (χ2v) is 4.75. The van der Waals surface area contributed by atoms with Crippen LogP contribution in [0.2, 0.25) is 0 Å². The van der Waals surface area contributed by atoms with Crippen molar-refractivity contribution in [1.29, 1.82) is 0 Å². The first-order chi connectivity index (χ1) is 8.24. The van der Waals surface area contributed by atoms with Crippen molar-refractivity contribution in [3.05, 3.63) is 18.0 Å². The molecular weight excluding hydrogens is 214 g/mol. The maximum absolute atomic E-state index is 5.00. The van der Waals surface area contributed by atoms with Gasteiger partial charge in [0.1, 0.15) is 0 Å². The molecule has 4 nitrogen and oxygen atoms in total. The van der Waals surface area contributed by atoms with Crippen molar-refractivity contribution in [3.63, 3.8) is 0 Å². The summed E-state index contributed by atoms with van der Waals surface area (Å²) in [4.78, 5) is 0. The number of nitrogens with zero attached hydrogens (tertiary/aromatic N) is 2. The number of ether oxygens (including phenoxy) is 1. The van der Waals surface area contributed by atoms with Gasteiger partial charge in [-0.3, -0.25) is 4.68 Å². The summed E-state index contributed by atoms with van der Waals surface area (Å²) in [6.45, 7) is 8.04. The minimum absolute atomic E-state index is 0.751. The Morgan fingerprint density at radius 2 is 2.29 bits per heavy atom. The fourth-order valence-electron chi connectivity index (χ4n) is 1.75. The Morgan fingerprint density at radius 1 is 1.47 bits per heavy atom. The molecule has 0 aliphatic heterocycles.